The summed E-state index contributed by atoms with van der Waals surface area (Å²) in [5.41, 5.74) is 5.68. The lowest BCUT2D eigenvalue weighted by atomic mass is 9.78. The Hall–Kier alpha value is -0.0800. The first kappa shape index (κ1) is 8.02. The van der Waals surface area contributed by atoms with E-state index in [0.29, 0.717) is 11.8 Å². The second kappa shape index (κ2) is 2.89. The molecule has 1 saturated carbocycles. The van der Waals surface area contributed by atoms with Crippen LogP contribution in [-0.2, 0) is 0 Å². The van der Waals surface area contributed by atoms with Crippen LogP contribution in [0.25, 0.3) is 0 Å². The van der Waals surface area contributed by atoms with E-state index in [9.17, 15) is 5.11 Å². The SMILES string of the molecule is C[C@@H]1C[C@@H](N)[C@H](O)C[C@H]1C. The quantitative estimate of drug-likeness (QED) is 0.525. The van der Waals surface area contributed by atoms with Gasteiger partial charge in [0.2, 0.25) is 0 Å². The fourth-order valence-electron chi connectivity index (χ4n) is 1.61. The maximum atomic E-state index is 9.34. The molecule has 1 aliphatic rings. The van der Waals surface area contributed by atoms with Gasteiger partial charge in [0, 0.05) is 6.04 Å². The maximum absolute atomic E-state index is 9.34. The van der Waals surface area contributed by atoms with Gasteiger partial charge >= 0.3 is 0 Å². The summed E-state index contributed by atoms with van der Waals surface area (Å²) in [4.78, 5) is 0. The summed E-state index contributed by atoms with van der Waals surface area (Å²) in [6.07, 6.45) is 1.59. The van der Waals surface area contributed by atoms with Crippen molar-refractivity contribution in [1.29, 1.82) is 0 Å². The molecular weight excluding hydrogens is 126 g/mol. The van der Waals surface area contributed by atoms with E-state index >= 15 is 0 Å². The Morgan fingerprint density at radius 1 is 1.20 bits per heavy atom. The predicted molar refractivity (Wildman–Crippen MR) is 41.5 cm³/mol. The van der Waals surface area contributed by atoms with Gasteiger partial charge in [-0.3, -0.25) is 0 Å². The molecule has 2 nitrogen and oxygen atoms in total. The smallest absolute Gasteiger partial charge is 0.0693 e. The van der Waals surface area contributed by atoms with Crippen LogP contribution in [0.2, 0.25) is 0 Å². The molecule has 60 valence electrons. The Labute approximate surface area is 62.4 Å². The molecule has 2 heteroatoms. The molecule has 4 atom stereocenters. The molecular formula is C8H17NO. The van der Waals surface area contributed by atoms with Crippen LogP contribution in [0, 0.1) is 11.8 Å². The molecule has 10 heavy (non-hydrogen) atoms. The Balaban J connectivity index is 2.46. The summed E-state index contributed by atoms with van der Waals surface area (Å²) in [7, 11) is 0. The molecule has 0 aliphatic heterocycles. The zero-order chi connectivity index (χ0) is 7.72. The minimum atomic E-state index is -0.258. The van der Waals surface area contributed by atoms with Gasteiger partial charge in [0.15, 0.2) is 0 Å². The first-order valence-electron chi connectivity index (χ1n) is 4.05. The van der Waals surface area contributed by atoms with Crippen LogP contribution in [0.1, 0.15) is 26.7 Å². The third-order valence-electron chi connectivity index (χ3n) is 2.72. The summed E-state index contributed by atoms with van der Waals surface area (Å²) in [5, 5.41) is 9.34. The summed E-state index contributed by atoms with van der Waals surface area (Å²) in [6, 6.07) is 0.0196. The lowest BCUT2D eigenvalue weighted by Crippen LogP contribution is -2.42. The van der Waals surface area contributed by atoms with E-state index in [1.165, 1.54) is 0 Å². The normalized spacial score (nSPS) is 49.2. The van der Waals surface area contributed by atoms with E-state index < -0.39 is 0 Å². The highest BCUT2D eigenvalue weighted by atomic mass is 16.3. The van der Waals surface area contributed by atoms with E-state index in [1.807, 2.05) is 0 Å². The van der Waals surface area contributed by atoms with Crippen LogP contribution in [0.15, 0.2) is 0 Å². The second-order valence-electron chi connectivity index (χ2n) is 3.66. The Kier molecular flexibility index (Phi) is 2.32. The lowest BCUT2D eigenvalue weighted by Gasteiger charge is -2.33. The van der Waals surface area contributed by atoms with Crippen LogP contribution in [-0.4, -0.2) is 17.3 Å². The van der Waals surface area contributed by atoms with Gasteiger partial charge in [-0.2, -0.15) is 0 Å². The zero-order valence-electron chi connectivity index (χ0n) is 6.75. The summed E-state index contributed by atoms with van der Waals surface area (Å²) in [5.74, 6) is 1.31. The number of rotatable bonds is 0. The van der Waals surface area contributed by atoms with E-state index in [-0.39, 0.29) is 12.1 Å². The molecule has 1 rings (SSSR count). The molecule has 0 amide bonds. The average Bonchev–Trinajstić information content (AvgIpc) is 1.84. The standard InChI is InChI=1S/C8H17NO/c1-5-3-7(9)8(10)4-6(5)2/h5-8,10H,3-4,9H2,1-2H3/t5-,6-,7-,8-/m1/s1. The molecule has 3 N–H and O–H groups in total. The van der Waals surface area contributed by atoms with Crippen molar-refractivity contribution in [2.75, 3.05) is 0 Å². The first-order chi connectivity index (χ1) is 4.61. The zero-order valence-corrected chi connectivity index (χ0v) is 6.75. The summed E-state index contributed by atoms with van der Waals surface area (Å²) < 4.78 is 0. The van der Waals surface area contributed by atoms with Gasteiger partial charge in [-0.1, -0.05) is 13.8 Å². The molecule has 0 aromatic rings. The average molecular weight is 143 g/mol. The molecule has 1 fully saturated rings. The summed E-state index contributed by atoms with van der Waals surface area (Å²) in [6.45, 7) is 4.39. The van der Waals surface area contributed by atoms with Crippen molar-refractivity contribution in [3.63, 3.8) is 0 Å². The molecule has 0 heterocycles. The number of hydrogen-bond donors (Lipinski definition) is 2. The topological polar surface area (TPSA) is 46.2 Å². The largest absolute Gasteiger partial charge is 0.392 e. The Bertz CT molecular complexity index is 89.8. The van der Waals surface area contributed by atoms with Crippen LogP contribution < -0.4 is 5.73 Å². The number of hydrogen-bond acceptors (Lipinski definition) is 2. The molecule has 0 spiro atoms. The molecule has 0 aromatic carbocycles. The molecule has 0 bridgehead atoms. The highest BCUT2D eigenvalue weighted by Gasteiger charge is 2.28. The fourth-order valence-corrected chi connectivity index (χ4v) is 1.61. The third-order valence-corrected chi connectivity index (χ3v) is 2.72. The van der Waals surface area contributed by atoms with E-state index in [0.717, 1.165) is 12.8 Å². The van der Waals surface area contributed by atoms with Gasteiger partial charge < -0.3 is 10.8 Å². The molecule has 0 radical (unpaired) electrons. The van der Waals surface area contributed by atoms with Crippen molar-refractivity contribution < 1.29 is 5.11 Å². The Morgan fingerprint density at radius 2 is 1.70 bits per heavy atom. The minimum absolute atomic E-state index is 0.0196. The van der Waals surface area contributed by atoms with Crippen molar-refractivity contribution in [1.82, 2.24) is 0 Å². The van der Waals surface area contributed by atoms with Crippen LogP contribution in [0.4, 0.5) is 0 Å². The van der Waals surface area contributed by atoms with Gasteiger partial charge in [-0.15, -0.1) is 0 Å². The van der Waals surface area contributed by atoms with E-state index in [2.05, 4.69) is 13.8 Å². The van der Waals surface area contributed by atoms with Gasteiger partial charge in [-0.05, 0) is 24.7 Å². The van der Waals surface area contributed by atoms with Gasteiger partial charge in [0.1, 0.15) is 0 Å². The first-order valence-corrected chi connectivity index (χ1v) is 4.05. The molecule has 1 aliphatic carbocycles. The van der Waals surface area contributed by atoms with Crippen molar-refractivity contribution in [3.05, 3.63) is 0 Å². The highest BCUT2D eigenvalue weighted by molar-refractivity contribution is 4.83. The molecule has 0 aromatic heterocycles. The lowest BCUT2D eigenvalue weighted by molar-refractivity contribution is 0.0607. The monoisotopic (exact) mass is 143 g/mol. The van der Waals surface area contributed by atoms with E-state index in [4.69, 9.17) is 5.73 Å². The van der Waals surface area contributed by atoms with Crippen LogP contribution in [0.5, 0.6) is 0 Å². The minimum Gasteiger partial charge on any atom is -0.392 e. The number of aliphatic hydroxyl groups is 1. The molecule has 0 saturated heterocycles. The third kappa shape index (κ3) is 1.50. The van der Waals surface area contributed by atoms with Gasteiger partial charge in [0.05, 0.1) is 6.10 Å². The molecule has 0 unspecified atom stereocenters. The maximum Gasteiger partial charge on any atom is 0.0693 e. The Morgan fingerprint density at radius 3 is 2.20 bits per heavy atom. The fraction of sp³-hybridized carbons (Fsp3) is 1.00. The van der Waals surface area contributed by atoms with Crippen LogP contribution >= 0.6 is 0 Å². The number of nitrogens with two attached hydrogens (primary N) is 1. The predicted octanol–water partition coefficient (Wildman–Crippen LogP) is 0.741. The number of aliphatic hydroxyl groups excluding tert-OH is 1. The van der Waals surface area contributed by atoms with Gasteiger partial charge in [-0.25, -0.2) is 0 Å². The second-order valence-corrected chi connectivity index (χ2v) is 3.66. The van der Waals surface area contributed by atoms with Crippen molar-refractivity contribution >= 4 is 0 Å². The van der Waals surface area contributed by atoms with Gasteiger partial charge in [0.25, 0.3) is 0 Å². The van der Waals surface area contributed by atoms with Crippen molar-refractivity contribution in [3.8, 4) is 0 Å². The highest BCUT2D eigenvalue weighted by Crippen LogP contribution is 2.28. The van der Waals surface area contributed by atoms with E-state index in [1.54, 1.807) is 0 Å². The van der Waals surface area contributed by atoms with Crippen LogP contribution in [0.3, 0.4) is 0 Å². The van der Waals surface area contributed by atoms with Crippen molar-refractivity contribution in [2.45, 2.75) is 38.8 Å². The van der Waals surface area contributed by atoms with Crippen molar-refractivity contribution in [2.24, 2.45) is 17.6 Å². The summed E-state index contributed by atoms with van der Waals surface area (Å²) >= 11 is 0.